The fraction of sp³-hybridized carbons (Fsp3) is 0.263. The van der Waals surface area contributed by atoms with Crippen LogP contribution in [-0.2, 0) is 4.79 Å². The molecule has 27 heavy (non-hydrogen) atoms. The van der Waals surface area contributed by atoms with Gasteiger partial charge in [0.25, 0.3) is 5.91 Å². The van der Waals surface area contributed by atoms with Crippen molar-refractivity contribution in [3.63, 3.8) is 0 Å². The van der Waals surface area contributed by atoms with Crippen LogP contribution in [0.2, 0.25) is 10.0 Å². The first-order valence-electron chi connectivity index (χ1n) is 8.42. The number of hydrogen-bond acceptors (Lipinski definition) is 4. The monoisotopic (exact) mass is 408 g/mol. The smallest absolute Gasteiger partial charge is 0.258 e. The van der Waals surface area contributed by atoms with Crippen LogP contribution in [0.1, 0.15) is 23.7 Å². The number of nitrogens with one attached hydrogen (secondary N) is 1. The first-order valence-corrected chi connectivity index (χ1v) is 9.18. The molecule has 2 aromatic carbocycles. The van der Waals surface area contributed by atoms with Gasteiger partial charge in [-0.25, -0.2) is 0 Å². The highest BCUT2D eigenvalue weighted by Crippen LogP contribution is 2.36. The number of ether oxygens (including phenoxy) is 2. The molecule has 0 aromatic heterocycles. The molecular weight excluding hydrogens is 391 g/mol. The Morgan fingerprint density at radius 3 is 2.78 bits per heavy atom. The van der Waals surface area contributed by atoms with Crippen LogP contribution in [0.25, 0.3) is 0 Å². The van der Waals surface area contributed by atoms with Crippen LogP contribution in [-0.4, -0.2) is 36.6 Å². The number of fused-ring (bicyclic) bond motifs is 1. The lowest BCUT2D eigenvalue weighted by Crippen LogP contribution is -2.38. The van der Waals surface area contributed by atoms with Crippen LogP contribution in [0.3, 0.4) is 0 Å². The molecule has 0 spiro atoms. The summed E-state index contributed by atoms with van der Waals surface area (Å²) < 4.78 is 10.7. The Labute approximate surface area is 167 Å². The standard InChI is InChI=1S/C19H18Cl2N2O4/c1-2-8-23(10-17(24)22-15-9-12(20)6-7-14(15)21)19(25)13-4-3-5-16-18(13)27-11-26-16/h3-7,9H,2,8,10-11H2,1H3,(H,22,24). The average Bonchev–Trinajstić information content (AvgIpc) is 3.12. The summed E-state index contributed by atoms with van der Waals surface area (Å²) in [6.45, 7) is 2.29. The summed E-state index contributed by atoms with van der Waals surface area (Å²) in [7, 11) is 0. The van der Waals surface area contributed by atoms with E-state index in [1.54, 1.807) is 36.4 Å². The molecule has 6 nitrogen and oxygen atoms in total. The number of rotatable bonds is 6. The fourth-order valence-electron chi connectivity index (χ4n) is 2.75. The van der Waals surface area contributed by atoms with Crippen molar-refractivity contribution in [2.45, 2.75) is 13.3 Å². The van der Waals surface area contributed by atoms with Gasteiger partial charge in [0.2, 0.25) is 12.7 Å². The molecule has 0 fully saturated rings. The number of hydrogen-bond donors (Lipinski definition) is 1. The van der Waals surface area contributed by atoms with Gasteiger partial charge in [0.15, 0.2) is 11.5 Å². The molecule has 2 aromatic rings. The molecule has 0 radical (unpaired) electrons. The zero-order valence-electron chi connectivity index (χ0n) is 14.6. The predicted molar refractivity (Wildman–Crippen MR) is 104 cm³/mol. The summed E-state index contributed by atoms with van der Waals surface area (Å²) in [5, 5.41) is 3.51. The maximum atomic E-state index is 13.0. The van der Waals surface area contributed by atoms with Gasteiger partial charge in [-0.3, -0.25) is 9.59 Å². The summed E-state index contributed by atoms with van der Waals surface area (Å²) in [6, 6.07) is 9.89. The molecule has 0 saturated heterocycles. The summed E-state index contributed by atoms with van der Waals surface area (Å²) in [6.07, 6.45) is 0.698. The summed E-state index contributed by atoms with van der Waals surface area (Å²) >= 11 is 12.0. The number of anilines is 1. The Bertz CT molecular complexity index is 873. The number of carbonyl (C=O) groups excluding carboxylic acids is 2. The Morgan fingerprint density at radius 1 is 1.19 bits per heavy atom. The van der Waals surface area contributed by atoms with Gasteiger partial charge in [-0.2, -0.15) is 0 Å². The van der Waals surface area contributed by atoms with E-state index in [1.807, 2.05) is 6.92 Å². The second-order valence-corrected chi connectivity index (χ2v) is 6.78. The van der Waals surface area contributed by atoms with E-state index in [0.29, 0.717) is 45.8 Å². The number of carbonyl (C=O) groups is 2. The molecule has 0 saturated carbocycles. The van der Waals surface area contributed by atoms with Crippen molar-refractivity contribution in [3.8, 4) is 11.5 Å². The van der Waals surface area contributed by atoms with Gasteiger partial charge in [0, 0.05) is 11.6 Å². The second-order valence-electron chi connectivity index (χ2n) is 5.94. The largest absolute Gasteiger partial charge is 0.454 e. The van der Waals surface area contributed by atoms with Gasteiger partial charge in [-0.1, -0.05) is 36.2 Å². The van der Waals surface area contributed by atoms with Gasteiger partial charge >= 0.3 is 0 Å². The predicted octanol–water partition coefficient (Wildman–Crippen LogP) is 4.21. The zero-order valence-corrected chi connectivity index (χ0v) is 16.1. The van der Waals surface area contributed by atoms with E-state index >= 15 is 0 Å². The summed E-state index contributed by atoms with van der Waals surface area (Å²) in [5.74, 6) is 0.256. The van der Waals surface area contributed by atoms with Crippen molar-refractivity contribution in [1.29, 1.82) is 0 Å². The highest BCUT2D eigenvalue weighted by atomic mass is 35.5. The lowest BCUT2D eigenvalue weighted by atomic mass is 10.1. The maximum Gasteiger partial charge on any atom is 0.258 e. The molecule has 3 rings (SSSR count). The summed E-state index contributed by atoms with van der Waals surface area (Å²) in [4.78, 5) is 26.9. The molecule has 142 valence electrons. The van der Waals surface area contributed by atoms with E-state index in [1.165, 1.54) is 4.90 Å². The molecular formula is C19H18Cl2N2O4. The van der Waals surface area contributed by atoms with Gasteiger partial charge < -0.3 is 19.7 Å². The van der Waals surface area contributed by atoms with Gasteiger partial charge in [0.05, 0.1) is 16.3 Å². The van der Waals surface area contributed by atoms with Gasteiger partial charge in [-0.05, 0) is 36.8 Å². The maximum absolute atomic E-state index is 13.0. The van der Waals surface area contributed by atoms with E-state index in [4.69, 9.17) is 32.7 Å². The molecule has 0 bridgehead atoms. The van der Waals surface area contributed by atoms with Crippen molar-refractivity contribution in [2.24, 2.45) is 0 Å². The third-order valence-electron chi connectivity index (χ3n) is 3.94. The lowest BCUT2D eigenvalue weighted by Gasteiger charge is -2.22. The van der Waals surface area contributed by atoms with Crippen LogP contribution in [0, 0.1) is 0 Å². The SMILES string of the molecule is CCCN(CC(=O)Nc1cc(Cl)ccc1Cl)C(=O)c1cccc2c1OCO2. The van der Waals surface area contributed by atoms with Gasteiger partial charge in [0.1, 0.15) is 6.54 Å². The van der Waals surface area contributed by atoms with E-state index in [0.717, 1.165) is 0 Å². The van der Waals surface area contributed by atoms with Crippen LogP contribution < -0.4 is 14.8 Å². The number of benzene rings is 2. The van der Waals surface area contributed by atoms with Crippen molar-refractivity contribution in [3.05, 3.63) is 52.0 Å². The Kier molecular flexibility index (Phi) is 6.08. The molecule has 2 amide bonds. The van der Waals surface area contributed by atoms with Crippen molar-refractivity contribution in [1.82, 2.24) is 4.90 Å². The van der Waals surface area contributed by atoms with E-state index in [9.17, 15) is 9.59 Å². The van der Waals surface area contributed by atoms with Crippen molar-refractivity contribution < 1.29 is 19.1 Å². The molecule has 1 N–H and O–H groups in total. The Balaban J connectivity index is 1.75. The molecule has 1 aliphatic rings. The second kappa shape index (κ2) is 8.50. The highest BCUT2D eigenvalue weighted by Gasteiger charge is 2.26. The van der Waals surface area contributed by atoms with E-state index in [2.05, 4.69) is 5.32 Å². The quantitative estimate of drug-likeness (QED) is 0.776. The van der Waals surface area contributed by atoms with Crippen LogP contribution >= 0.6 is 23.2 Å². The third-order valence-corrected chi connectivity index (χ3v) is 4.51. The number of para-hydroxylation sites is 1. The van der Waals surface area contributed by atoms with Crippen molar-refractivity contribution in [2.75, 3.05) is 25.2 Å². The molecule has 8 heteroatoms. The molecule has 0 unspecified atom stereocenters. The fourth-order valence-corrected chi connectivity index (χ4v) is 3.08. The topological polar surface area (TPSA) is 67.9 Å². The first kappa shape index (κ1) is 19.3. The number of nitrogens with zero attached hydrogens (tertiary/aromatic N) is 1. The molecule has 0 atom stereocenters. The molecule has 1 heterocycles. The average molecular weight is 409 g/mol. The minimum absolute atomic E-state index is 0.0706. The van der Waals surface area contributed by atoms with Crippen LogP contribution in [0.15, 0.2) is 36.4 Å². The Morgan fingerprint density at radius 2 is 2.00 bits per heavy atom. The van der Waals surface area contributed by atoms with E-state index < -0.39 is 0 Å². The normalized spacial score (nSPS) is 12.0. The van der Waals surface area contributed by atoms with Crippen molar-refractivity contribution >= 4 is 40.7 Å². The lowest BCUT2D eigenvalue weighted by molar-refractivity contribution is -0.116. The number of halogens is 2. The molecule has 1 aliphatic heterocycles. The first-order chi connectivity index (χ1) is 13.0. The van der Waals surface area contributed by atoms with E-state index in [-0.39, 0.29) is 25.2 Å². The third kappa shape index (κ3) is 4.46. The minimum atomic E-state index is -0.370. The summed E-state index contributed by atoms with van der Waals surface area (Å²) in [5.41, 5.74) is 0.766. The Hall–Kier alpha value is -2.44. The van der Waals surface area contributed by atoms with Crippen LogP contribution in [0.4, 0.5) is 5.69 Å². The highest BCUT2D eigenvalue weighted by molar-refractivity contribution is 6.35. The zero-order chi connectivity index (χ0) is 19.4. The number of amides is 2. The molecule has 0 aliphatic carbocycles. The van der Waals surface area contributed by atoms with Gasteiger partial charge in [-0.15, -0.1) is 0 Å². The van der Waals surface area contributed by atoms with Crippen LogP contribution in [0.5, 0.6) is 11.5 Å². The minimum Gasteiger partial charge on any atom is -0.454 e.